The van der Waals surface area contributed by atoms with Gasteiger partial charge in [-0.2, -0.15) is 0 Å². The number of carbonyl (C=O) groups is 4. The number of hydrogen-bond donors (Lipinski definition) is 7. The van der Waals surface area contributed by atoms with E-state index >= 15 is 0 Å². The van der Waals surface area contributed by atoms with Crippen molar-refractivity contribution >= 4 is 75.3 Å². The first-order valence-corrected chi connectivity index (χ1v) is 17.7. The molecule has 9 N–H and O–H groups in total. The Kier molecular flexibility index (Phi) is 9.84. The highest BCUT2D eigenvalue weighted by atomic mass is 32.2. The van der Waals surface area contributed by atoms with Gasteiger partial charge in [-0.05, 0) is 37.0 Å². The second kappa shape index (κ2) is 14.3. The van der Waals surface area contributed by atoms with Crippen LogP contribution in [0.3, 0.4) is 0 Å². The van der Waals surface area contributed by atoms with Crippen LogP contribution in [0.5, 0.6) is 11.5 Å². The summed E-state index contributed by atoms with van der Waals surface area (Å²) < 4.78 is 0. The van der Waals surface area contributed by atoms with Crippen LogP contribution in [0, 0.1) is 0 Å². The summed E-state index contributed by atoms with van der Waals surface area (Å²) >= 11 is 3.56. The number of thiazole rings is 1. The highest BCUT2D eigenvalue weighted by Gasteiger charge is 2.54. The number of amides is 2. The van der Waals surface area contributed by atoms with E-state index < -0.39 is 58.5 Å². The minimum absolute atomic E-state index is 0.0617. The molecular formula is C30H28N8O9S3. The van der Waals surface area contributed by atoms with Gasteiger partial charge in [0.2, 0.25) is 6.10 Å². The van der Waals surface area contributed by atoms with Crippen molar-refractivity contribution in [2.24, 2.45) is 5.16 Å². The van der Waals surface area contributed by atoms with Gasteiger partial charge in [0.15, 0.2) is 27.5 Å². The predicted octanol–water partition coefficient (Wildman–Crippen LogP) is 1.63. The normalized spacial score (nSPS) is 19.2. The molecule has 0 unspecified atom stereocenters. The number of nitrogens with two attached hydrogens (primary N) is 2. The van der Waals surface area contributed by atoms with Gasteiger partial charge in [-0.3, -0.25) is 14.5 Å². The number of hydrogen-bond acceptors (Lipinski definition) is 16. The number of carbonyl (C=O) groups excluding carboxylic acids is 2. The molecule has 0 radical (unpaired) electrons. The number of benzene rings is 1. The first kappa shape index (κ1) is 34.5. The van der Waals surface area contributed by atoms with E-state index in [0.717, 1.165) is 58.9 Å². The third-order valence-electron chi connectivity index (χ3n) is 7.81. The molecule has 20 heteroatoms. The summed E-state index contributed by atoms with van der Waals surface area (Å²) in [6.07, 6.45) is 4.27. The number of aliphatic carboxylic acids is 2. The van der Waals surface area contributed by atoms with E-state index in [-0.39, 0.29) is 27.8 Å². The van der Waals surface area contributed by atoms with Gasteiger partial charge >= 0.3 is 11.9 Å². The summed E-state index contributed by atoms with van der Waals surface area (Å²) in [6.45, 7) is 0. The Labute approximate surface area is 295 Å². The minimum Gasteiger partial charge on any atom is -0.504 e. The number of phenols is 2. The lowest BCUT2D eigenvalue weighted by atomic mass is 10.0. The number of allylic oxidation sites excluding steroid dienone is 1. The van der Waals surface area contributed by atoms with Crippen LogP contribution in [-0.4, -0.2) is 92.7 Å². The largest absolute Gasteiger partial charge is 0.504 e. The number of anilines is 2. The summed E-state index contributed by atoms with van der Waals surface area (Å²) in [4.78, 5) is 70.4. The van der Waals surface area contributed by atoms with E-state index in [0.29, 0.717) is 22.3 Å². The molecule has 0 bridgehead atoms. The van der Waals surface area contributed by atoms with Crippen LogP contribution >= 0.6 is 34.9 Å². The van der Waals surface area contributed by atoms with Gasteiger partial charge in [-0.25, -0.2) is 24.5 Å². The molecule has 4 heterocycles. The van der Waals surface area contributed by atoms with Gasteiger partial charge in [-0.15, -0.1) is 23.1 Å². The molecule has 1 saturated heterocycles. The molecule has 1 aliphatic carbocycles. The summed E-state index contributed by atoms with van der Waals surface area (Å²) in [5.74, 6) is -4.47. The monoisotopic (exact) mass is 740 g/mol. The summed E-state index contributed by atoms with van der Waals surface area (Å²) in [7, 11) is 0. The van der Waals surface area contributed by atoms with Crippen molar-refractivity contribution in [1.82, 2.24) is 25.2 Å². The molecule has 0 spiro atoms. The van der Waals surface area contributed by atoms with Crippen LogP contribution in [0.1, 0.15) is 35.0 Å². The fraction of sp³-hybridized carbons (Fsp3) is 0.267. The van der Waals surface area contributed by atoms with Gasteiger partial charge in [-0.1, -0.05) is 35.1 Å². The lowest BCUT2D eigenvalue weighted by molar-refractivity contribution is -0.151. The molecule has 17 nitrogen and oxygen atoms in total. The van der Waals surface area contributed by atoms with Crippen molar-refractivity contribution < 1.29 is 44.4 Å². The lowest BCUT2D eigenvalue weighted by Crippen LogP contribution is -2.71. The Morgan fingerprint density at radius 2 is 1.96 bits per heavy atom. The number of carboxylic acid groups (broad SMARTS) is 2. The molecule has 3 aromatic rings. The number of oxime groups is 1. The first-order valence-electron chi connectivity index (χ1n) is 14.8. The van der Waals surface area contributed by atoms with E-state index in [2.05, 4.69) is 25.4 Å². The van der Waals surface area contributed by atoms with E-state index in [1.807, 2.05) is 0 Å². The number of fused-ring (bicyclic) bond motifs is 2. The zero-order valence-electron chi connectivity index (χ0n) is 25.7. The topological polar surface area (TPSA) is 277 Å². The van der Waals surface area contributed by atoms with Gasteiger partial charge in [0.1, 0.15) is 28.6 Å². The van der Waals surface area contributed by atoms with Crippen molar-refractivity contribution in [3.63, 3.8) is 0 Å². The van der Waals surface area contributed by atoms with Crippen LogP contribution in [0.15, 0.2) is 57.3 Å². The second-order valence-corrected chi connectivity index (χ2v) is 14.0. The minimum atomic E-state index is -1.82. The van der Waals surface area contributed by atoms with E-state index in [9.17, 15) is 39.6 Å². The number of nitrogen functional groups attached to an aromatic ring is 2. The maximum atomic E-state index is 13.5. The number of aromatic nitrogens is 3. The van der Waals surface area contributed by atoms with Crippen LogP contribution in [-0.2, 0) is 36.9 Å². The number of thioether (sulfide) groups is 2. The van der Waals surface area contributed by atoms with Crippen LogP contribution in [0.25, 0.3) is 0 Å². The molecule has 1 fully saturated rings. The maximum Gasteiger partial charge on any atom is 0.352 e. The van der Waals surface area contributed by atoms with Crippen molar-refractivity contribution in [2.45, 2.75) is 41.9 Å². The Bertz CT molecular complexity index is 2000. The number of carboxylic acids is 2. The van der Waals surface area contributed by atoms with Crippen molar-refractivity contribution in [1.29, 1.82) is 0 Å². The van der Waals surface area contributed by atoms with Crippen molar-refractivity contribution in [3.8, 4) is 11.5 Å². The zero-order chi connectivity index (χ0) is 35.7. The third kappa shape index (κ3) is 6.89. The number of aryl methyl sites for hydroxylation is 1. The van der Waals surface area contributed by atoms with E-state index in [1.54, 1.807) is 12.2 Å². The summed E-state index contributed by atoms with van der Waals surface area (Å²) in [5.41, 5.74) is 13.3. The summed E-state index contributed by atoms with van der Waals surface area (Å²) in [5, 5.41) is 46.7. The van der Waals surface area contributed by atoms with Crippen molar-refractivity contribution in [3.05, 3.63) is 69.5 Å². The van der Waals surface area contributed by atoms with E-state index in [1.165, 1.54) is 35.0 Å². The quantitative estimate of drug-likeness (QED) is 0.0347. The molecule has 3 aliphatic rings. The highest BCUT2D eigenvalue weighted by Crippen LogP contribution is 2.41. The van der Waals surface area contributed by atoms with Gasteiger partial charge in [0, 0.05) is 28.0 Å². The van der Waals surface area contributed by atoms with Gasteiger partial charge < -0.3 is 42.0 Å². The number of nitrogens with zero attached hydrogens (tertiary/aromatic N) is 5. The second-order valence-electron chi connectivity index (χ2n) is 11.0. The number of nitrogens with one attached hydrogen (secondary N) is 1. The van der Waals surface area contributed by atoms with Gasteiger partial charge in [0.05, 0.1) is 5.69 Å². The molecule has 2 amide bonds. The van der Waals surface area contributed by atoms with Crippen LogP contribution in [0.4, 0.5) is 10.9 Å². The number of rotatable bonds is 12. The van der Waals surface area contributed by atoms with Crippen molar-refractivity contribution in [2.75, 3.05) is 23.0 Å². The zero-order valence-corrected chi connectivity index (χ0v) is 28.1. The van der Waals surface area contributed by atoms with Gasteiger partial charge in [0.25, 0.3) is 11.8 Å². The average Bonchev–Trinajstić information content (AvgIpc) is 3.74. The maximum absolute atomic E-state index is 13.5. The number of phenolic OH excluding ortho intramolecular Hbond substituents is 2. The Hall–Kier alpha value is -5.34. The molecule has 50 heavy (non-hydrogen) atoms. The first-order chi connectivity index (χ1) is 23.9. The molecule has 1 aromatic carbocycles. The fourth-order valence-electron chi connectivity index (χ4n) is 5.45. The standard InChI is InChI=1S/C30H28N8O9S3/c31-23-14-4-1-5-15(14)34-30(36-23)48-8-2-3-13-10-49-26-20(25(42)38(26)21(13)27(43)44)35-24(41)19(16-11-50-29(32)33-16)37-47-22(28(45)46)12-6-7-17(39)18(40)9-12/h2-3,6-7,9,11,20,22,26,39-40H,1,4-5,8,10H2,(H2,32,33)(H,35,41)(H,43,44)(H,45,46)(H2,31,34,36)/b3-2+,37-19-/t20-,22+,26-/m1/s1. The number of β-lactam (4-membered cyclic amide) rings is 1. The summed E-state index contributed by atoms with van der Waals surface area (Å²) in [6, 6.07) is 2.04. The predicted molar refractivity (Wildman–Crippen MR) is 182 cm³/mol. The molecule has 0 saturated carbocycles. The fourth-order valence-corrected chi connectivity index (χ4v) is 8.00. The molecule has 2 aliphatic heterocycles. The molecule has 2 aromatic heterocycles. The number of aromatic hydroxyl groups is 2. The third-order valence-corrected chi connectivity index (χ3v) is 10.6. The highest BCUT2D eigenvalue weighted by molar-refractivity contribution is 8.00. The van der Waals surface area contributed by atoms with Crippen LogP contribution < -0.4 is 16.8 Å². The smallest absolute Gasteiger partial charge is 0.352 e. The Morgan fingerprint density at radius 3 is 2.66 bits per heavy atom. The SMILES string of the molecule is Nc1nc(/C(=N/O[C@H](C(=O)O)c2ccc(O)c(O)c2)C(=O)N[C@@H]2C(=O)N3C(C(=O)O)=C(/C=C/CSc4nc(N)c5c(n4)CCC5)CS[C@H]23)cs1. The Morgan fingerprint density at radius 1 is 1.16 bits per heavy atom. The average molecular weight is 741 g/mol. The molecule has 260 valence electrons. The molecule has 3 atom stereocenters. The molecular weight excluding hydrogens is 713 g/mol. The molecule has 6 rings (SSSR count). The van der Waals surface area contributed by atoms with E-state index in [4.69, 9.17) is 16.3 Å². The Balaban J connectivity index is 1.16. The van der Waals surface area contributed by atoms with Crippen LogP contribution in [0.2, 0.25) is 0 Å². The lowest BCUT2D eigenvalue weighted by Gasteiger charge is -2.49.